The van der Waals surface area contributed by atoms with Gasteiger partial charge in [0, 0.05) is 38.4 Å². The normalized spacial score (nSPS) is 22.0. The summed E-state index contributed by atoms with van der Waals surface area (Å²) in [6.07, 6.45) is 7.45. The highest BCUT2D eigenvalue weighted by atomic mass is 16.5. The van der Waals surface area contributed by atoms with E-state index in [-0.39, 0.29) is 12.0 Å². The van der Waals surface area contributed by atoms with Crippen LogP contribution in [0.3, 0.4) is 0 Å². The van der Waals surface area contributed by atoms with E-state index in [1.807, 2.05) is 23.2 Å². The van der Waals surface area contributed by atoms with Gasteiger partial charge < -0.3 is 14.2 Å². The van der Waals surface area contributed by atoms with Gasteiger partial charge in [0.25, 0.3) is 5.91 Å². The molecule has 2 aliphatic rings. The number of ether oxygens (including phenoxy) is 1. The van der Waals surface area contributed by atoms with Gasteiger partial charge in [0.15, 0.2) is 5.65 Å². The van der Waals surface area contributed by atoms with Crippen LogP contribution in [0.15, 0.2) is 18.3 Å². The molecule has 1 amide bonds. The first-order valence-corrected chi connectivity index (χ1v) is 9.50. The summed E-state index contributed by atoms with van der Waals surface area (Å²) in [5, 5.41) is 0. The molecule has 6 nitrogen and oxygen atoms in total. The van der Waals surface area contributed by atoms with Crippen molar-refractivity contribution in [1.82, 2.24) is 19.4 Å². The minimum atomic E-state index is -0.206. The Kier molecular flexibility index (Phi) is 4.70. The fourth-order valence-corrected chi connectivity index (χ4v) is 4.08. The van der Waals surface area contributed by atoms with Crippen molar-refractivity contribution < 1.29 is 9.53 Å². The molecule has 0 saturated carbocycles. The van der Waals surface area contributed by atoms with Crippen LogP contribution >= 0.6 is 0 Å². The molecule has 0 N–H and O–H groups in total. The number of likely N-dealkylation sites (tertiary alicyclic amines) is 1. The number of aryl methyl sites for hydroxylation is 1. The molecule has 1 unspecified atom stereocenters. The van der Waals surface area contributed by atoms with Crippen LogP contribution in [0.25, 0.3) is 11.2 Å². The average Bonchev–Trinajstić information content (AvgIpc) is 3.29. The highest BCUT2D eigenvalue weighted by molar-refractivity contribution is 5.81. The first kappa shape index (κ1) is 16.5. The summed E-state index contributed by atoms with van der Waals surface area (Å²) >= 11 is 0. The SMILES string of the molecule is CCCc1nc2cccnc2n1C1CCN(C(=O)C2CCCO2)CC1. The average molecular weight is 342 g/mol. The maximum atomic E-state index is 12.5. The topological polar surface area (TPSA) is 60.2 Å². The Bertz CT molecular complexity index is 743. The standard InChI is InChI=1S/C19H26N4O2/c1-2-5-17-21-15-6-3-10-20-18(15)23(17)14-8-11-22(12-9-14)19(24)16-7-4-13-25-16/h3,6,10,14,16H,2,4-5,7-9,11-13H2,1H3. The number of pyridine rings is 1. The van der Waals surface area contributed by atoms with Gasteiger partial charge in [-0.25, -0.2) is 9.97 Å². The third-order valence-electron chi connectivity index (χ3n) is 5.34. The number of hydrogen-bond donors (Lipinski definition) is 0. The highest BCUT2D eigenvalue weighted by Crippen LogP contribution is 2.29. The van der Waals surface area contributed by atoms with E-state index in [0.29, 0.717) is 6.04 Å². The van der Waals surface area contributed by atoms with E-state index in [4.69, 9.17) is 9.72 Å². The molecule has 25 heavy (non-hydrogen) atoms. The zero-order valence-electron chi connectivity index (χ0n) is 14.9. The maximum Gasteiger partial charge on any atom is 0.251 e. The predicted molar refractivity (Wildman–Crippen MR) is 95.3 cm³/mol. The van der Waals surface area contributed by atoms with Gasteiger partial charge >= 0.3 is 0 Å². The number of carbonyl (C=O) groups excluding carboxylic acids is 1. The zero-order valence-corrected chi connectivity index (χ0v) is 14.9. The van der Waals surface area contributed by atoms with Gasteiger partial charge in [-0.3, -0.25) is 4.79 Å². The van der Waals surface area contributed by atoms with Crippen molar-refractivity contribution in [3.63, 3.8) is 0 Å². The number of nitrogens with zero attached hydrogens (tertiary/aromatic N) is 4. The van der Waals surface area contributed by atoms with Crippen molar-refractivity contribution in [3.05, 3.63) is 24.2 Å². The summed E-state index contributed by atoms with van der Waals surface area (Å²) in [4.78, 5) is 23.9. The molecule has 6 heteroatoms. The Hall–Kier alpha value is -1.95. The molecule has 4 heterocycles. The second-order valence-electron chi connectivity index (χ2n) is 7.05. The fourth-order valence-electron chi connectivity index (χ4n) is 4.08. The molecular weight excluding hydrogens is 316 g/mol. The van der Waals surface area contributed by atoms with E-state index in [1.54, 1.807) is 0 Å². The van der Waals surface area contributed by atoms with Gasteiger partial charge in [-0.05, 0) is 44.2 Å². The van der Waals surface area contributed by atoms with Gasteiger partial charge in [0.1, 0.15) is 17.4 Å². The quantitative estimate of drug-likeness (QED) is 0.857. The Morgan fingerprint density at radius 3 is 2.88 bits per heavy atom. The number of amides is 1. The minimum Gasteiger partial charge on any atom is -0.368 e. The van der Waals surface area contributed by atoms with Crippen molar-refractivity contribution in [1.29, 1.82) is 0 Å². The van der Waals surface area contributed by atoms with E-state index >= 15 is 0 Å². The van der Waals surface area contributed by atoms with Gasteiger partial charge in [-0.2, -0.15) is 0 Å². The molecule has 2 aromatic heterocycles. The highest BCUT2D eigenvalue weighted by Gasteiger charge is 2.32. The van der Waals surface area contributed by atoms with Gasteiger partial charge in [0.05, 0.1) is 0 Å². The van der Waals surface area contributed by atoms with Crippen LogP contribution in [-0.4, -0.2) is 51.1 Å². The fraction of sp³-hybridized carbons (Fsp3) is 0.632. The molecular formula is C19H26N4O2. The first-order chi connectivity index (χ1) is 12.3. The molecule has 2 saturated heterocycles. The molecule has 2 aromatic rings. The number of carbonyl (C=O) groups is 1. The van der Waals surface area contributed by atoms with E-state index in [2.05, 4.69) is 16.5 Å². The second kappa shape index (κ2) is 7.12. The molecule has 2 aliphatic heterocycles. The van der Waals surface area contributed by atoms with Gasteiger partial charge in [-0.1, -0.05) is 6.92 Å². The number of piperidine rings is 1. The third-order valence-corrected chi connectivity index (χ3v) is 5.34. The summed E-state index contributed by atoms with van der Waals surface area (Å²) in [6, 6.07) is 4.35. The van der Waals surface area contributed by atoms with E-state index in [0.717, 1.165) is 75.2 Å². The Morgan fingerprint density at radius 1 is 1.32 bits per heavy atom. The van der Waals surface area contributed by atoms with Gasteiger partial charge in [0.2, 0.25) is 0 Å². The van der Waals surface area contributed by atoms with Crippen LogP contribution in [0.4, 0.5) is 0 Å². The van der Waals surface area contributed by atoms with E-state index in [9.17, 15) is 4.79 Å². The number of imidazole rings is 1. The summed E-state index contributed by atoms with van der Waals surface area (Å²) in [7, 11) is 0. The number of hydrogen-bond acceptors (Lipinski definition) is 4. The Morgan fingerprint density at radius 2 is 2.16 bits per heavy atom. The van der Waals surface area contributed by atoms with Crippen LogP contribution in [-0.2, 0) is 16.0 Å². The predicted octanol–water partition coefficient (Wildman–Crippen LogP) is 2.73. The molecule has 0 aromatic carbocycles. The monoisotopic (exact) mass is 342 g/mol. The maximum absolute atomic E-state index is 12.5. The van der Waals surface area contributed by atoms with Crippen molar-refractivity contribution in [2.75, 3.05) is 19.7 Å². The van der Waals surface area contributed by atoms with Crippen molar-refractivity contribution in [2.45, 2.75) is 57.6 Å². The molecule has 0 bridgehead atoms. The van der Waals surface area contributed by atoms with Crippen molar-refractivity contribution in [3.8, 4) is 0 Å². The number of fused-ring (bicyclic) bond motifs is 1. The second-order valence-corrected chi connectivity index (χ2v) is 7.05. The summed E-state index contributed by atoms with van der Waals surface area (Å²) in [5.41, 5.74) is 1.96. The summed E-state index contributed by atoms with van der Waals surface area (Å²) in [5.74, 6) is 1.30. The first-order valence-electron chi connectivity index (χ1n) is 9.50. The zero-order chi connectivity index (χ0) is 17.2. The van der Waals surface area contributed by atoms with Crippen LogP contribution in [0.1, 0.15) is 50.9 Å². The van der Waals surface area contributed by atoms with E-state index in [1.165, 1.54) is 0 Å². The van der Waals surface area contributed by atoms with Crippen molar-refractivity contribution in [2.24, 2.45) is 0 Å². The lowest BCUT2D eigenvalue weighted by Gasteiger charge is -2.34. The molecule has 0 spiro atoms. The Balaban J connectivity index is 1.51. The molecule has 1 atom stereocenters. The van der Waals surface area contributed by atoms with Crippen LogP contribution in [0.2, 0.25) is 0 Å². The molecule has 2 fully saturated rings. The van der Waals surface area contributed by atoms with Crippen molar-refractivity contribution >= 4 is 17.1 Å². The lowest BCUT2D eigenvalue weighted by atomic mass is 10.0. The third kappa shape index (κ3) is 3.15. The van der Waals surface area contributed by atoms with Crippen LogP contribution < -0.4 is 0 Å². The largest absolute Gasteiger partial charge is 0.368 e. The lowest BCUT2D eigenvalue weighted by Crippen LogP contribution is -2.44. The van der Waals surface area contributed by atoms with Crippen LogP contribution in [0, 0.1) is 0 Å². The number of aromatic nitrogens is 3. The smallest absolute Gasteiger partial charge is 0.251 e. The van der Waals surface area contributed by atoms with E-state index < -0.39 is 0 Å². The van der Waals surface area contributed by atoms with Crippen LogP contribution in [0.5, 0.6) is 0 Å². The summed E-state index contributed by atoms with van der Waals surface area (Å²) < 4.78 is 7.89. The van der Waals surface area contributed by atoms with Gasteiger partial charge in [-0.15, -0.1) is 0 Å². The molecule has 0 radical (unpaired) electrons. The molecule has 134 valence electrons. The molecule has 4 rings (SSSR count). The lowest BCUT2D eigenvalue weighted by molar-refractivity contribution is -0.142. The minimum absolute atomic E-state index is 0.179. The molecule has 0 aliphatic carbocycles. The Labute approximate surface area is 148 Å². The number of rotatable bonds is 4. The summed E-state index contributed by atoms with van der Waals surface area (Å²) in [6.45, 7) is 4.49.